The number of aromatic nitrogens is 1. The molecule has 0 bridgehead atoms. The van der Waals surface area contributed by atoms with Gasteiger partial charge in [-0.2, -0.15) is 0 Å². The van der Waals surface area contributed by atoms with Crippen LogP contribution in [0.25, 0.3) is 10.9 Å². The van der Waals surface area contributed by atoms with Gasteiger partial charge in [0.15, 0.2) is 0 Å². The number of carbonyl (C=O) groups is 2. The van der Waals surface area contributed by atoms with Crippen molar-refractivity contribution in [1.29, 1.82) is 0 Å². The van der Waals surface area contributed by atoms with Crippen molar-refractivity contribution in [2.75, 3.05) is 25.0 Å². The van der Waals surface area contributed by atoms with Crippen molar-refractivity contribution in [3.8, 4) is 0 Å². The number of hydrogen-bond donors (Lipinski definition) is 3. The topological polar surface area (TPSA) is 77.2 Å². The number of aromatic amines is 1. The maximum Gasteiger partial charge on any atom is 0.317 e. The minimum Gasteiger partial charge on any atom is -0.361 e. The van der Waals surface area contributed by atoms with E-state index in [1.165, 1.54) is 10.9 Å². The zero-order chi connectivity index (χ0) is 20.2. The highest BCUT2D eigenvalue weighted by molar-refractivity contribution is 6.30. The van der Waals surface area contributed by atoms with Crippen molar-refractivity contribution < 1.29 is 9.59 Å². The lowest BCUT2D eigenvalue weighted by Crippen LogP contribution is -2.46. The van der Waals surface area contributed by atoms with Gasteiger partial charge in [-0.3, -0.25) is 4.79 Å². The summed E-state index contributed by atoms with van der Waals surface area (Å²) in [4.78, 5) is 29.6. The summed E-state index contributed by atoms with van der Waals surface area (Å²) in [5.41, 5.74) is 3.12. The van der Waals surface area contributed by atoms with Gasteiger partial charge in [0.05, 0.1) is 6.54 Å². The lowest BCUT2D eigenvalue weighted by atomic mass is 9.89. The molecule has 1 saturated heterocycles. The van der Waals surface area contributed by atoms with Crippen LogP contribution in [0.1, 0.15) is 24.3 Å². The highest BCUT2D eigenvalue weighted by Gasteiger charge is 2.25. The van der Waals surface area contributed by atoms with Crippen LogP contribution in [0.5, 0.6) is 0 Å². The number of halogens is 1. The molecule has 3 aromatic rings. The molecule has 3 amide bonds. The zero-order valence-corrected chi connectivity index (χ0v) is 16.7. The molecule has 0 saturated carbocycles. The van der Waals surface area contributed by atoms with E-state index in [-0.39, 0.29) is 18.5 Å². The van der Waals surface area contributed by atoms with Crippen molar-refractivity contribution in [3.05, 3.63) is 65.3 Å². The highest BCUT2D eigenvalue weighted by Crippen LogP contribution is 2.33. The molecule has 0 atom stereocenters. The lowest BCUT2D eigenvalue weighted by Gasteiger charge is -2.32. The number of nitrogens with zero attached hydrogens (tertiary/aromatic N) is 1. The second-order valence-corrected chi connectivity index (χ2v) is 7.70. The Morgan fingerprint density at radius 2 is 1.79 bits per heavy atom. The molecule has 29 heavy (non-hydrogen) atoms. The Morgan fingerprint density at radius 1 is 1.07 bits per heavy atom. The van der Waals surface area contributed by atoms with Crippen LogP contribution >= 0.6 is 11.6 Å². The third-order valence-electron chi connectivity index (χ3n) is 5.37. The third kappa shape index (κ3) is 4.54. The molecular formula is C22H23ClN4O2. The van der Waals surface area contributed by atoms with Crippen molar-refractivity contribution >= 4 is 40.1 Å². The standard InChI is InChI=1S/C22H23ClN4O2/c23-16-5-7-17(8-6-16)26-21(28)14-25-22(29)27-11-9-15(10-12-27)19-13-24-20-4-2-1-3-18(19)20/h1-8,13,15,24H,9-12,14H2,(H,25,29)(H,26,28). The first-order valence-corrected chi connectivity index (χ1v) is 10.1. The van der Waals surface area contributed by atoms with Gasteiger partial charge < -0.3 is 20.5 Å². The van der Waals surface area contributed by atoms with Crippen LogP contribution in [0.15, 0.2) is 54.7 Å². The van der Waals surface area contributed by atoms with Crippen LogP contribution in [0.4, 0.5) is 10.5 Å². The number of hydrogen-bond acceptors (Lipinski definition) is 2. The number of piperidine rings is 1. The molecule has 0 radical (unpaired) electrons. The van der Waals surface area contributed by atoms with Gasteiger partial charge in [0, 0.05) is 40.9 Å². The number of carbonyl (C=O) groups excluding carboxylic acids is 2. The predicted octanol–water partition coefficient (Wildman–Crippen LogP) is 4.35. The van der Waals surface area contributed by atoms with Crippen LogP contribution in [0, 0.1) is 0 Å². The Bertz CT molecular complexity index is 1010. The average molecular weight is 411 g/mol. The Balaban J connectivity index is 1.25. The monoisotopic (exact) mass is 410 g/mol. The van der Waals surface area contributed by atoms with E-state index in [1.807, 2.05) is 6.07 Å². The Hall–Kier alpha value is -2.99. The SMILES string of the molecule is O=C(CNC(=O)N1CCC(c2c[nH]c3ccccc23)CC1)Nc1ccc(Cl)cc1. The number of benzene rings is 2. The van der Waals surface area contributed by atoms with Gasteiger partial charge in [-0.25, -0.2) is 4.79 Å². The van der Waals surface area contributed by atoms with E-state index in [4.69, 9.17) is 11.6 Å². The van der Waals surface area contributed by atoms with E-state index in [1.54, 1.807) is 29.2 Å². The van der Waals surface area contributed by atoms with Gasteiger partial charge >= 0.3 is 6.03 Å². The zero-order valence-electron chi connectivity index (χ0n) is 16.0. The Labute approximate surface area is 174 Å². The fraction of sp³-hybridized carbons (Fsp3) is 0.273. The molecule has 1 fully saturated rings. The molecule has 7 heteroatoms. The number of likely N-dealkylation sites (tertiary alicyclic amines) is 1. The molecular weight excluding hydrogens is 388 g/mol. The number of anilines is 1. The molecule has 1 aliphatic rings. The average Bonchev–Trinajstić information content (AvgIpc) is 3.18. The summed E-state index contributed by atoms with van der Waals surface area (Å²) in [5, 5.41) is 7.30. The second-order valence-electron chi connectivity index (χ2n) is 7.26. The van der Waals surface area contributed by atoms with Gasteiger partial charge in [0.2, 0.25) is 5.91 Å². The quantitative estimate of drug-likeness (QED) is 0.598. The van der Waals surface area contributed by atoms with E-state index in [0.717, 1.165) is 18.4 Å². The molecule has 2 aromatic carbocycles. The van der Waals surface area contributed by atoms with Crippen LogP contribution in [0.3, 0.4) is 0 Å². The molecule has 0 aliphatic carbocycles. The number of amides is 3. The van der Waals surface area contributed by atoms with Crippen LogP contribution in [0.2, 0.25) is 5.02 Å². The maximum absolute atomic E-state index is 12.4. The fourth-order valence-electron chi connectivity index (χ4n) is 3.83. The minimum atomic E-state index is -0.269. The van der Waals surface area contributed by atoms with E-state index < -0.39 is 0 Å². The molecule has 3 N–H and O–H groups in total. The molecule has 1 aromatic heterocycles. The first-order chi connectivity index (χ1) is 14.1. The molecule has 0 spiro atoms. The van der Waals surface area contributed by atoms with Crippen molar-refractivity contribution in [3.63, 3.8) is 0 Å². The van der Waals surface area contributed by atoms with E-state index in [0.29, 0.717) is 29.7 Å². The normalized spacial score (nSPS) is 14.7. The summed E-state index contributed by atoms with van der Waals surface area (Å²) in [6, 6.07) is 14.9. The van der Waals surface area contributed by atoms with Gasteiger partial charge in [0.1, 0.15) is 0 Å². The number of para-hydroxylation sites is 1. The summed E-state index contributed by atoms with van der Waals surface area (Å²) >= 11 is 5.83. The summed E-state index contributed by atoms with van der Waals surface area (Å²) in [6.45, 7) is 1.29. The lowest BCUT2D eigenvalue weighted by molar-refractivity contribution is -0.115. The summed E-state index contributed by atoms with van der Waals surface area (Å²) in [6.07, 6.45) is 3.91. The number of rotatable bonds is 4. The van der Waals surface area contributed by atoms with Gasteiger partial charge in [0.25, 0.3) is 0 Å². The molecule has 2 heterocycles. The van der Waals surface area contributed by atoms with Gasteiger partial charge in [-0.15, -0.1) is 0 Å². The molecule has 4 rings (SSSR count). The molecule has 150 valence electrons. The third-order valence-corrected chi connectivity index (χ3v) is 5.62. The molecule has 0 unspecified atom stereocenters. The van der Waals surface area contributed by atoms with Crippen LogP contribution in [-0.2, 0) is 4.79 Å². The first-order valence-electron chi connectivity index (χ1n) is 9.74. The Morgan fingerprint density at radius 3 is 2.55 bits per heavy atom. The number of nitrogens with one attached hydrogen (secondary N) is 3. The number of fused-ring (bicyclic) bond motifs is 1. The summed E-state index contributed by atoms with van der Waals surface area (Å²) in [7, 11) is 0. The maximum atomic E-state index is 12.4. The van der Waals surface area contributed by atoms with Crippen LogP contribution in [-0.4, -0.2) is 41.5 Å². The molecule has 1 aliphatic heterocycles. The van der Waals surface area contributed by atoms with Crippen molar-refractivity contribution in [2.45, 2.75) is 18.8 Å². The summed E-state index contributed by atoms with van der Waals surface area (Å²) in [5.74, 6) is 0.165. The Kier molecular flexibility index (Phi) is 5.71. The van der Waals surface area contributed by atoms with Crippen LogP contribution < -0.4 is 10.6 Å². The second kappa shape index (κ2) is 8.57. The van der Waals surface area contributed by atoms with E-state index >= 15 is 0 Å². The highest BCUT2D eigenvalue weighted by atomic mass is 35.5. The van der Waals surface area contributed by atoms with Gasteiger partial charge in [-0.1, -0.05) is 29.8 Å². The van der Waals surface area contributed by atoms with Crippen molar-refractivity contribution in [2.24, 2.45) is 0 Å². The smallest absolute Gasteiger partial charge is 0.317 e. The first kappa shape index (κ1) is 19.3. The van der Waals surface area contributed by atoms with Crippen molar-refractivity contribution in [1.82, 2.24) is 15.2 Å². The summed E-state index contributed by atoms with van der Waals surface area (Å²) < 4.78 is 0. The largest absolute Gasteiger partial charge is 0.361 e. The number of urea groups is 1. The number of H-pyrrole nitrogens is 1. The van der Waals surface area contributed by atoms with Gasteiger partial charge in [-0.05, 0) is 54.7 Å². The molecule has 6 nitrogen and oxygen atoms in total. The predicted molar refractivity (Wildman–Crippen MR) is 115 cm³/mol. The van der Waals surface area contributed by atoms with E-state index in [2.05, 4.69) is 40.0 Å². The van der Waals surface area contributed by atoms with E-state index in [9.17, 15) is 9.59 Å². The fourth-order valence-corrected chi connectivity index (χ4v) is 3.96. The minimum absolute atomic E-state index is 0.0656.